The Balaban J connectivity index is 1.27. The average Bonchev–Trinajstić information content (AvgIpc) is 2.78. The molecule has 0 bridgehead atoms. The molecule has 2 heterocycles. The molecule has 0 saturated carbocycles. The van der Waals surface area contributed by atoms with Crippen LogP contribution >= 0.6 is 12.2 Å². The van der Waals surface area contributed by atoms with Gasteiger partial charge < -0.3 is 15.4 Å². The topological polar surface area (TPSA) is 49.4 Å². The smallest absolute Gasteiger partial charge is 0.213 e. The van der Waals surface area contributed by atoms with Crippen LogP contribution in [0.15, 0.2) is 60.8 Å². The van der Waals surface area contributed by atoms with Gasteiger partial charge in [-0.05, 0) is 67.8 Å². The second-order valence-corrected chi connectivity index (χ2v) is 7.90. The molecule has 30 heavy (non-hydrogen) atoms. The molecule has 0 atom stereocenters. The minimum atomic E-state index is 0.496. The van der Waals surface area contributed by atoms with E-state index in [0.29, 0.717) is 24.1 Å². The van der Waals surface area contributed by atoms with Crippen molar-refractivity contribution in [3.8, 4) is 5.88 Å². The molecule has 2 N–H and O–H groups in total. The number of aromatic nitrogens is 1. The predicted molar refractivity (Wildman–Crippen MR) is 127 cm³/mol. The second-order valence-electron chi connectivity index (χ2n) is 7.49. The Morgan fingerprint density at radius 3 is 2.70 bits per heavy atom. The summed E-state index contributed by atoms with van der Waals surface area (Å²) in [5.41, 5.74) is 2.57. The maximum Gasteiger partial charge on any atom is 0.213 e. The SMILES string of the molecule is S=C(NC/C=C\COc1cc(CN2CCCCC2)ccn1)NCCc1ccccc1. The molecule has 5 nitrogen and oxygen atoms in total. The molecule has 2 aromatic rings. The van der Waals surface area contributed by atoms with E-state index in [4.69, 9.17) is 17.0 Å². The highest BCUT2D eigenvalue weighted by Crippen LogP contribution is 2.15. The first-order chi connectivity index (χ1) is 14.8. The van der Waals surface area contributed by atoms with Crippen LogP contribution in [-0.4, -0.2) is 47.8 Å². The Labute approximate surface area is 185 Å². The Morgan fingerprint density at radius 2 is 1.87 bits per heavy atom. The quantitative estimate of drug-likeness (QED) is 0.448. The fourth-order valence-electron chi connectivity index (χ4n) is 3.47. The van der Waals surface area contributed by atoms with E-state index in [1.165, 1.54) is 43.5 Å². The highest BCUT2D eigenvalue weighted by Gasteiger charge is 2.10. The standard InChI is InChI=1S/C24H32N4OS/c30-24(27-15-11-21-9-3-1-4-10-21)26-13-5-8-18-29-23-19-22(12-14-25-23)20-28-16-6-2-7-17-28/h1,3-5,8-10,12,14,19H,2,6-7,11,13,15-18,20H2,(H2,26,27,30)/b8-5-. The molecule has 3 rings (SSSR count). The van der Waals surface area contributed by atoms with Crippen LogP contribution in [0.3, 0.4) is 0 Å². The number of nitrogens with one attached hydrogen (secondary N) is 2. The van der Waals surface area contributed by atoms with E-state index in [2.05, 4.69) is 50.8 Å². The van der Waals surface area contributed by atoms with E-state index >= 15 is 0 Å². The number of hydrogen-bond acceptors (Lipinski definition) is 4. The van der Waals surface area contributed by atoms with Gasteiger partial charge in [0.2, 0.25) is 5.88 Å². The van der Waals surface area contributed by atoms with Gasteiger partial charge in [0.1, 0.15) is 6.61 Å². The third-order valence-corrected chi connectivity index (χ3v) is 5.36. The molecule has 0 spiro atoms. The first kappa shape index (κ1) is 22.2. The number of hydrogen-bond donors (Lipinski definition) is 2. The number of thiocarbonyl (C=S) groups is 1. The zero-order valence-corrected chi connectivity index (χ0v) is 18.4. The Hall–Kier alpha value is -2.44. The lowest BCUT2D eigenvalue weighted by atomic mass is 10.1. The molecule has 6 heteroatoms. The van der Waals surface area contributed by atoms with E-state index in [-0.39, 0.29) is 0 Å². The van der Waals surface area contributed by atoms with Crippen LogP contribution in [-0.2, 0) is 13.0 Å². The molecular formula is C24H32N4OS. The van der Waals surface area contributed by atoms with Crippen molar-refractivity contribution in [2.45, 2.75) is 32.2 Å². The van der Waals surface area contributed by atoms with Gasteiger partial charge in [-0.2, -0.15) is 0 Å². The Morgan fingerprint density at radius 1 is 1.03 bits per heavy atom. The third-order valence-electron chi connectivity index (χ3n) is 5.07. The summed E-state index contributed by atoms with van der Waals surface area (Å²) in [5.74, 6) is 0.681. The van der Waals surface area contributed by atoms with Crippen LogP contribution in [0, 0.1) is 0 Å². The highest BCUT2D eigenvalue weighted by atomic mass is 32.1. The lowest BCUT2D eigenvalue weighted by Gasteiger charge is -2.26. The van der Waals surface area contributed by atoms with Crippen molar-refractivity contribution in [3.05, 3.63) is 71.9 Å². The summed E-state index contributed by atoms with van der Waals surface area (Å²) in [4.78, 5) is 6.82. The monoisotopic (exact) mass is 424 g/mol. The van der Waals surface area contributed by atoms with Gasteiger partial charge in [-0.25, -0.2) is 4.98 Å². The maximum atomic E-state index is 5.76. The van der Waals surface area contributed by atoms with Crippen molar-refractivity contribution in [3.63, 3.8) is 0 Å². The zero-order chi connectivity index (χ0) is 20.9. The summed E-state index contributed by atoms with van der Waals surface area (Å²) < 4.78 is 5.76. The normalized spacial score (nSPS) is 14.5. The number of ether oxygens (including phenoxy) is 1. The van der Waals surface area contributed by atoms with E-state index < -0.39 is 0 Å². The van der Waals surface area contributed by atoms with E-state index in [1.54, 1.807) is 0 Å². The van der Waals surface area contributed by atoms with Crippen molar-refractivity contribution < 1.29 is 4.74 Å². The maximum absolute atomic E-state index is 5.76. The van der Waals surface area contributed by atoms with Crippen LogP contribution in [0.25, 0.3) is 0 Å². The molecule has 0 unspecified atom stereocenters. The molecule has 1 aliphatic rings. The Bertz CT molecular complexity index is 791. The van der Waals surface area contributed by atoms with Crippen LogP contribution < -0.4 is 15.4 Å². The molecular weight excluding hydrogens is 392 g/mol. The summed E-state index contributed by atoms with van der Waals surface area (Å²) in [6, 6.07) is 14.5. The lowest BCUT2D eigenvalue weighted by molar-refractivity contribution is 0.220. The van der Waals surface area contributed by atoms with Gasteiger partial charge in [0.15, 0.2) is 5.11 Å². The predicted octanol–water partition coefficient (Wildman–Crippen LogP) is 3.71. The molecule has 1 saturated heterocycles. The minimum Gasteiger partial charge on any atom is -0.473 e. The number of piperidine rings is 1. The van der Waals surface area contributed by atoms with Gasteiger partial charge in [0.05, 0.1) is 0 Å². The molecule has 0 amide bonds. The first-order valence-electron chi connectivity index (χ1n) is 10.8. The Kier molecular flexibility index (Phi) is 9.63. The largest absolute Gasteiger partial charge is 0.473 e. The van der Waals surface area contributed by atoms with Gasteiger partial charge in [-0.1, -0.05) is 42.8 Å². The molecule has 0 aliphatic carbocycles. The number of nitrogens with zero attached hydrogens (tertiary/aromatic N) is 2. The summed E-state index contributed by atoms with van der Waals surface area (Å²) in [7, 11) is 0. The van der Waals surface area contributed by atoms with Gasteiger partial charge in [-0.15, -0.1) is 0 Å². The minimum absolute atomic E-state index is 0.496. The zero-order valence-electron chi connectivity index (χ0n) is 17.6. The van der Waals surface area contributed by atoms with Crippen LogP contribution in [0.1, 0.15) is 30.4 Å². The summed E-state index contributed by atoms with van der Waals surface area (Å²) in [6.07, 6.45) is 10.8. The average molecular weight is 425 g/mol. The molecule has 0 radical (unpaired) electrons. The van der Waals surface area contributed by atoms with Gasteiger partial charge in [0.25, 0.3) is 0 Å². The lowest BCUT2D eigenvalue weighted by Crippen LogP contribution is -2.36. The van der Waals surface area contributed by atoms with Crippen LogP contribution in [0.4, 0.5) is 0 Å². The van der Waals surface area contributed by atoms with Crippen LogP contribution in [0.2, 0.25) is 0 Å². The fraction of sp³-hybridized carbons (Fsp3) is 0.417. The summed E-state index contributed by atoms with van der Waals surface area (Å²) in [5, 5.41) is 7.08. The van der Waals surface area contributed by atoms with E-state index in [9.17, 15) is 0 Å². The highest BCUT2D eigenvalue weighted by molar-refractivity contribution is 7.80. The van der Waals surface area contributed by atoms with Gasteiger partial charge >= 0.3 is 0 Å². The van der Waals surface area contributed by atoms with Crippen molar-refractivity contribution in [2.75, 3.05) is 32.8 Å². The van der Waals surface area contributed by atoms with Gasteiger partial charge in [-0.3, -0.25) is 4.90 Å². The molecule has 1 aliphatic heterocycles. The van der Waals surface area contributed by atoms with Crippen molar-refractivity contribution >= 4 is 17.3 Å². The molecule has 1 fully saturated rings. The fourth-order valence-corrected chi connectivity index (χ4v) is 3.65. The number of likely N-dealkylation sites (tertiary alicyclic amines) is 1. The van der Waals surface area contributed by atoms with Crippen molar-refractivity contribution in [1.29, 1.82) is 0 Å². The van der Waals surface area contributed by atoms with Crippen molar-refractivity contribution in [2.24, 2.45) is 0 Å². The molecule has 1 aromatic heterocycles. The van der Waals surface area contributed by atoms with E-state index in [1.807, 2.05) is 30.5 Å². The van der Waals surface area contributed by atoms with Gasteiger partial charge in [0, 0.05) is 31.9 Å². The number of rotatable bonds is 10. The van der Waals surface area contributed by atoms with Crippen LogP contribution in [0.5, 0.6) is 5.88 Å². The summed E-state index contributed by atoms with van der Waals surface area (Å²) in [6.45, 7) is 5.35. The molecule has 1 aromatic carbocycles. The van der Waals surface area contributed by atoms with E-state index in [0.717, 1.165) is 19.5 Å². The van der Waals surface area contributed by atoms with Crippen molar-refractivity contribution in [1.82, 2.24) is 20.5 Å². The second kappa shape index (κ2) is 13.0. The molecule has 160 valence electrons. The first-order valence-corrected chi connectivity index (χ1v) is 11.2. The number of pyridine rings is 1. The summed E-state index contributed by atoms with van der Waals surface area (Å²) >= 11 is 5.30. The number of benzene rings is 1. The third kappa shape index (κ3) is 8.51.